The Balaban J connectivity index is 1.83. The summed E-state index contributed by atoms with van der Waals surface area (Å²) in [6, 6.07) is 3.59. The number of rotatable bonds is 1. The molecule has 0 amide bonds. The lowest BCUT2D eigenvalue weighted by Crippen LogP contribution is -2.35. The number of nitrogens with zero attached hydrogens (tertiary/aromatic N) is 1. The molecule has 1 heterocycles. The summed E-state index contributed by atoms with van der Waals surface area (Å²) in [7, 11) is 0. The zero-order valence-corrected chi connectivity index (χ0v) is 10.6. The van der Waals surface area contributed by atoms with Crippen LogP contribution in [0.2, 0.25) is 0 Å². The first kappa shape index (κ1) is 12.6. The first-order valence-corrected chi connectivity index (χ1v) is 6.61. The Kier molecular flexibility index (Phi) is 2.69. The molecule has 5 heteroatoms. The van der Waals surface area contributed by atoms with Crippen molar-refractivity contribution in [3.63, 3.8) is 0 Å². The Bertz CT molecular complexity index is 482. The second-order valence-corrected chi connectivity index (χ2v) is 5.76. The summed E-state index contributed by atoms with van der Waals surface area (Å²) < 4.78 is 38.2. The van der Waals surface area contributed by atoms with E-state index < -0.39 is 11.7 Å². The zero-order valence-electron chi connectivity index (χ0n) is 10.6. The molecule has 2 nitrogen and oxygen atoms in total. The van der Waals surface area contributed by atoms with E-state index in [1.165, 1.54) is 25.0 Å². The molecule has 0 atom stereocenters. The highest BCUT2D eigenvalue weighted by molar-refractivity contribution is 5.69. The van der Waals surface area contributed by atoms with Crippen molar-refractivity contribution in [1.82, 2.24) is 0 Å². The third-order valence-electron chi connectivity index (χ3n) is 4.48. The Morgan fingerprint density at radius 2 is 1.68 bits per heavy atom. The van der Waals surface area contributed by atoms with Crippen molar-refractivity contribution in [3.05, 3.63) is 23.8 Å². The van der Waals surface area contributed by atoms with Gasteiger partial charge < -0.3 is 10.6 Å². The second-order valence-electron chi connectivity index (χ2n) is 5.76. The fraction of sp³-hybridized carbons (Fsp3) is 0.571. The molecule has 1 saturated carbocycles. The van der Waals surface area contributed by atoms with Crippen LogP contribution in [0.15, 0.2) is 18.2 Å². The second kappa shape index (κ2) is 4.05. The van der Waals surface area contributed by atoms with Crippen molar-refractivity contribution in [2.24, 2.45) is 5.41 Å². The monoisotopic (exact) mass is 270 g/mol. The number of anilines is 2. The molecular formula is C14H17F3N2. The third-order valence-corrected chi connectivity index (χ3v) is 4.48. The first-order chi connectivity index (χ1) is 8.90. The lowest BCUT2D eigenvalue weighted by Gasteiger charge is -2.34. The van der Waals surface area contributed by atoms with Gasteiger partial charge in [-0.2, -0.15) is 13.2 Å². The lowest BCUT2D eigenvalue weighted by atomic mass is 9.93. The number of hydrogen-bond acceptors (Lipinski definition) is 2. The van der Waals surface area contributed by atoms with E-state index in [1.807, 2.05) is 4.90 Å². The van der Waals surface area contributed by atoms with Gasteiger partial charge in [0.2, 0.25) is 0 Å². The molecule has 0 aromatic heterocycles. The third kappa shape index (κ3) is 2.38. The van der Waals surface area contributed by atoms with Crippen LogP contribution in [0.3, 0.4) is 0 Å². The number of alkyl halides is 3. The Hall–Kier alpha value is -1.39. The highest BCUT2D eigenvalue weighted by Crippen LogP contribution is 2.54. The number of nitrogen functional groups attached to an aromatic ring is 1. The Morgan fingerprint density at radius 3 is 2.21 bits per heavy atom. The molecule has 2 aliphatic rings. The van der Waals surface area contributed by atoms with Crippen molar-refractivity contribution < 1.29 is 13.2 Å². The fourth-order valence-electron chi connectivity index (χ4n) is 2.89. The van der Waals surface area contributed by atoms with Crippen LogP contribution in [0, 0.1) is 5.41 Å². The summed E-state index contributed by atoms with van der Waals surface area (Å²) >= 11 is 0. The average Bonchev–Trinajstić information content (AvgIpc) is 3.09. The van der Waals surface area contributed by atoms with Crippen molar-refractivity contribution in [3.8, 4) is 0 Å². The quantitative estimate of drug-likeness (QED) is 0.789. The van der Waals surface area contributed by atoms with Crippen LogP contribution in [-0.4, -0.2) is 13.1 Å². The van der Waals surface area contributed by atoms with E-state index in [0.717, 1.165) is 32.0 Å². The number of benzene rings is 1. The molecule has 1 aliphatic carbocycles. The number of piperidine rings is 1. The molecule has 19 heavy (non-hydrogen) atoms. The molecule has 0 unspecified atom stereocenters. The lowest BCUT2D eigenvalue weighted by molar-refractivity contribution is -0.137. The van der Waals surface area contributed by atoms with E-state index in [-0.39, 0.29) is 0 Å². The van der Waals surface area contributed by atoms with E-state index in [0.29, 0.717) is 16.8 Å². The van der Waals surface area contributed by atoms with Gasteiger partial charge in [0, 0.05) is 13.1 Å². The minimum Gasteiger partial charge on any atom is -0.397 e. The van der Waals surface area contributed by atoms with Gasteiger partial charge in [0.1, 0.15) is 0 Å². The molecule has 1 aromatic rings. The Morgan fingerprint density at radius 1 is 1.05 bits per heavy atom. The molecule has 1 saturated heterocycles. The van der Waals surface area contributed by atoms with Crippen molar-refractivity contribution in [2.75, 3.05) is 23.7 Å². The maximum Gasteiger partial charge on any atom is 0.416 e. The van der Waals surface area contributed by atoms with Crippen molar-refractivity contribution >= 4 is 11.4 Å². The topological polar surface area (TPSA) is 29.3 Å². The molecule has 1 aliphatic heterocycles. The van der Waals surface area contributed by atoms with Crippen LogP contribution in [0.1, 0.15) is 31.2 Å². The molecule has 2 fully saturated rings. The highest BCUT2D eigenvalue weighted by atomic mass is 19.4. The molecule has 0 bridgehead atoms. The van der Waals surface area contributed by atoms with Gasteiger partial charge in [-0.3, -0.25) is 0 Å². The van der Waals surface area contributed by atoms with Crippen LogP contribution in [-0.2, 0) is 6.18 Å². The van der Waals surface area contributed by atoms with Crippen LogP contribution < -0.4 is 10.6 Å². The predicted molar refractivity (Wildman–Crippen MR) is 69.0 cm³/mol. The van der Waals surface area contributed by atoms with Gasteiger partial charge in [-0.1, -0.05) is 0 Å². The SMILES string of the molecule is Nc1ccc(C(F)(F)F)cc1N1CCC2(CC1)CC2. The average molecular weight is 270 g/mol. The maximum atomic E-state index is 12.7. The summed E-state index contributed by atoms with van der Waals surface area (Å²) in [6.07, 6.45) is 0.388. The molecule has 1 aromatic carbocycles. The van der Waals surface area contributed by atoms with Gasteiger partial charge in [0.05, 0.1) is 16.9 Å². The first-order valence-electron chi connectivity index (χ1n) is 6.61. The number of nitrogens with two attached hydrogens (primary N) is 1. The van der Waals surface area contributed by atoms with Crippen LogP contribution in [0.5, 0.6) is 0 Å². The normalized spacial score (nSPS) is 21.7. The van der Waals surface area contributed by atoms with Crippen molar-refractivity contribution in [1.29, 1.82) is 0 Å². The van der Waals surface area contributed by atoms with Crippen LogP contribution in [0.4, 0.5) is 24.5 Å². The van der Waals surface area contributed by atoms with E-state index in [4.69, 9.17) is 5.73 Å². The van der Waals surface area contributed by atoms with Crippen molar-refractivity contribution in [2.45, 2.75) is 31.9 Å². The Labute approximate surface area is 110 Å². The maximum absolute atomic E-state index is 12.7. The van der Waals surface area contributed by atoms with Gasteiger partial charge in [-0.25, -0.2) is 0 Å². The zero-order chi connectivity index (χ0) is 13.7. The van der Waals surface area contributed by atoms with Gasteiger partial charge >= 0.3 is 6.18 Å². The molecule has 3 rings (SSSR count). The summed E-state index contributed by atoms with van der Waals surface area (Å²) in [5.74, 6) is 0. The standard InChI is InChI=1S/C14H17F3N2/c15-14(16,17)10-1-2-11(18)12(9-10)19-7-5-13(3-4-13)6-8-19/h1-2,9H,3-8,18H2. The number of hydrogen-bond donors (Lipinski definition) is 1. The predicted octanol–water partition coefficient (Wildman–Crippen LogP) is 3.67. The van der Waals surface area contributed by atoms with Gasteiger partial charge in [0.25, 0.3) is 0 Å². The molecule has 1 spiro atoms. The smallest absolute Gasteiger partial charge is 0.397 e. The molecular weight excluding hydrogens is 253 g/mol. The van der Waals surface area contributed by atoms with Crippen LogP contribution >= 0.6 is 0 Å². The van der Waals surface area contributed by atoms with E-state index in [9.17, 15) is 13.2 Å². The molecule has 2 N–H and O–H groups in total. The van der Waals surface area contributed by atoms with Crippen LogP contribution in [0.25, 0.3) is 0 Å². The molecule has 104 valence electrons. The van der Waals surface area contributed by atoms with Gasteiger partial charge in [-0.15, -0.1) is 0 Å². The largest absolute Gasteiger partial charge is 0.416 e. The summed E-state index contributed by atoms with van der Waals surface area (Å²) in [5, 5.41) is 0. The van der Waals surface area contributed by atoms with E-state index >= 15 is 0 Å². The van der Waals surface area contributed by atoms with E-state index in [1.54, 1.807) is 0 Å². The minimum absolute atomic E-state index is 0.430. The fourth-order valence-corrected chi connectivity index (χ4v) is 2.89. The number of halogens is 3. The summed E-state index contributed by atoms with van der Waals surface area (Å²) in [4.78, 5) is 1.99. The molecule has 0 radical (unpaired) electrons. The highest BCUT2D eigenvalue weighted by Gasteiger charge is 2.44. The van der Waals surface area contributed by atoms with Gasteiger partial charge in [0.15, 0.2) is 0 Å². The minimum atomic E-state index is -4.31. The van der Waals surface area contributed by atoms with E-state index in [2.05, 4.69) is 0 Å². The summed E-state index contributed by atoms with van der Waals surface area (Å²) in [5.41, 5.74) is 6.69. The summed E-state index contributed by atoms with van der Waals surface area (Å²) in [6.45, 7) is 1.62. The van der Waals surface area contributed by atoms with Gasteiger partial charge in [-0.05, 0) is 49.3 Å².